The summed E-state index contributed by atoms with van der Waals surface area (Å²) >= 11 is 0. The number of aliphatic hydroxyl groups excluding tert-OH is 1. The van der Waals surface area contributed by atoms with Crippen molar-refractivity contribution in [1.29, 1.82) is 0 Å². The first-order valence-corrected chi connectivity index (χ1v) is 7.03. The zero-order valence-corrected chi connectivity index (χ0v) is 11.5. The highest BCUT2D eigenvalue weighted by atomic mass is 16.4. The van der Waals surface area contributed by atoms with E-state index in [0.29, 0.717) is 17.3 Å². The van der Waals surface area contributed by atoms with Crippen molar-refractivity contribution in [2.45, 2.75) is 25.4 Å². The van der Waals surface area contributed by atoms with Gasteiger partial charge in [-0.2, -0.15) is 0 Å². The van der Waals surface area contributed by atoms with Gasteiger partial charge in [0.25, 0.3) is 0 Å². The largest absolute Gasteiger partial charge is 0.478 e. The Balaban J connectivity index is 1.80. The lowest BCUT2D eigenvalue weighted by molar-refractivity contribution is 0.0697. The molecule has 3 N–H and O–H groups in total. The third-order valence-corrected chi connectivity index (χ3v) is 3.96. The van der Waals surface area contributed by atoms with Gasteiger partial charge in [0.1, 0.15) is 12.1 Å². The lowest BCUT2D eigenvalue weighted by Gasteiger charge is -2.12. The minimum absolute atomic E-state index is 0.183. The molecular formula is C15H17N3O3. The fourth-order valence-electron chi connectivity index (χ4n) is 2.81. The summed E-state index contributed by atoms with van der Waals surface area (Å²) < 4.78 is 0. The Bertz CT molecular complexity index is 674. The summed E-state index contributed by atoms with van der Waals surface area (Å²) in [7, 11) is 0. The summed E-state index contributed by atoms with van der Waals surface area (Å²) in [6.45, 7) is 0.754. The molecule has 0 bridgehead atoms. The van der Waals surface area contributed by atoms with E-state index in [1.165, 1.54) is 6.33 Å². The number of aliphatic hydroxyl groups is 1. The summed E-state index contributed by atoms with van der Waals surface area (Å²) in [6, 6.07) is 4.83. The number of hydrogen-bond donors (Lipinski definition) is 3. The van der Waals surface area contributed by atoms with Gasteiger partial charge in [-0.25, -0.2) is 14.8 Å². The summed E-state index contributed by atoms with van der Waals surface area (Å²) in [4.78, 5) is 19.3. The van der Waals surface area contributed by atoms with Crippen LogP contribution in [0.4, 0.5) is 5.82 Å². The molecule has 0 amide bonds. The Morgan fingerprint density at radius 3 is 2.90 bits per heavy atom. The maximum atomic E-state index is 11.0. The van der Waals surface area contributed by atoms with Crippen molar-refractivity contribution in [3.63, 3.8) is 0 Å². The maximum absolute atomic E-state index is 11.0. The number of nitrogens with zero attached hydrogens (tertiary/aromatic N) is 2. The second-order valence-corrected chi connectivity index (χ2v) is 5.47. The number of nitrogens with one attached hydrogen (secondary N) is 1. The normalized spacial score (nSPS) is 21.6. The minimum atomic E-state index is -0.968. The van der Waals surface area contributed by atoms with Gasteiger partial charge in [0.2, 0.25) is 0 Å². The summed E-state index contributed by atoms with van der Waals surface area (Å²) in [5.74, 6) is 0.187. The van der Waals surface area contributed by atoms with Crippen molar-refractivity contribution in [3.8, 4) is 0 Å². The van der Waals surface area contributed by atoms with Crippen molar-refractivity contribution in [3.05, 3.63) is 30.1 Å². The van der Waals surface area contributed by atoms with Gasteiger partial charge in [-0.15, -0.1) is 0 Å². The molecule has 1 saturated carbocycles. The second kappa shape index (κ2) is 5.65. The van der Waals surface area contributed by atoms with Crippen LogP contribution in [0.3, 0.4) is 0 Å². The van der Waals surface area contributed by atoms with Crippen LogP contribution in [-0.4, -0.2) is 38.8 Å². The van der Waals surface area contributed by atoms with Gasteiger partial charge in [0.05, 0.1) is 17.2 Å². The molecule has 110 valence electrons. The molecule has 0 aliphatic heterocycles. The first-order valence-electron chi connectivity index (χ1n) is 7.03. The predicted molar refractivity (Wildman–Crippen MR) is 78.3 cm³/mol. The maximum Gasteiger partial charge on any atom is 0.335 e. The average Bonchev–Trinajstić information content (AvgIpc) is 2.90. The molecular weight excluding hydrogens is 270 g/mol. The van der Waals surface area contributed by atoms with Crippen LogP contribution < -0.4 is 5.32 Å². The smallest absolute Gasteiger partial charge is 0.335 e. The lowest BCUT2D eigenvalue weighted by Crippen LogP contribution is -2.13. The van der Waals surface area contributed by atoms with Gasteiger partial charge in [-0.3, -0.25) is 0 Å². The lowest BCUT2D eigenvalue weighted by atomic mass is 10.1. The van der Waals surface area contributed by atoms with Crippen LogP contribution in [0.5, 0.6) is 0 Å². The van der Waals surface area contributed by atoms with Crippen LogP contribution in [0.15, 0.2) is 24.5 Å². The van der Waals surface area contributed by atoms with Crippen LogP contribution in [0.1, 0.15) is 29.6 Å². The minimum Gasteiger partial charge on any atom is -0.478 e. The van der Waals surface area contributed by atoms with E-state index in [1.54, 1.807) is 18.2 Å². The Labute approximate surface area is 121 Å². The van der Waals surface area contributed by atoms with Crippen molar-refractivity contribution >= 4 is 22.7 Å². The zero-order valence-electron chi connectivity index (χ0n) is 11.5. The summed E-state index contributed by atoms with van der Waals surface area (Å²) in [5.41, 5.74) is 0.824. The highest BCUT2D eigenvalue weighted by Crippen LogP contribution is 2.27. The predicted octanol–water partition coefficient (Wildman–Crippen LogP) is 1.90. The standard InChI is InChI=1S/C15H17N3O3/c19-11-3-1-9(5-11)7-16-14-12-4-2-10(15(20)21)6-13(12)17-8-18-14/h2,4,6,8-9,11,19H,1,3,5,7H2,(H,20,21)(H,16,17,18). The van der Waals surface area contributed by atoms with Gasteiger partial charge in [0.15, 0.2) is 0 Å². The first-order chi connectivity index (χ1) is 10.1. The molecule has 0 saturated heterocycles. The Morgan fingerprint density at radius 1 is 1.33 bits per heavy atom. The van der Waals surface area contributed by atoms with Gasteiger partial charge in [-0.1, -0.05) is 0 Å². The van der Waals surface area contributed by atoms with E-state index in [-0.39, 0.29) is 11.7 Å². The van der Waals surface area contributed by atoms with Gasteiger partial charge >= 0.3 is 5.97 Å². The molecule has 6 heteroatoms. The molecule has 2 atom stereocenters. The van der Waals surface area contributed by atoms with Gasteiger partial charge < -0.3 is 15.5 Å². The van der Waals surface area contributed by atoms with E-state index < -0.39 is 5.97 Å². The molecule has 1 fully saturated rings. The SMILES string of the molecule is O=C(O)c1ccc2c(NCC3CCC(O)C3)ncnc2c1. The third-order valence-electron chi connectivity index (χ3n) is 3.96. The molecule has 1 aromatic heterocycles. The Kier molecular flexibility index (Phi) is 3.70. The molecule has 2 unspecified atom stereocenters. The number of hydrogen-bond acceptors (Lipinski definition) is 5. The van der Waals surface area contributed by atoms with Crippen molar-refractivity contribution in [2.75, 3.05) is 11.9 Å². The quantitative estimate of drug-likeness (QED) is 0.795. The fourth-order valence-corrected chi connectivity index (χ4v) is 2.81. The van der Waals surface area contributed by atoms with Gasteiger partial charge in [-0.05, 0) is 43.4 Å². The molecule has 0 spiro atoms. The van der Waals surface area contributed by atoms with Crippen LogP contribution in [0.25, 0.3) is 10.9 Å². The molecule has 6 nitrogen and oxygen atoms in total. The second-order valence-electron chi connectivity index (χ2n) is 5.47. The molecule has 0 radical (unpaired) electrons. The molecule has 1 aromatic carbocycles. The van der Waals surface area contributed by atoms with Crippen LogP contribution >= 0.6 is 0 Å². The van der Waals surface area contributed by atoms with E-state index in [1.807, 2.05) is 0 Å². The molecule has 3 rings (SSSR count). The average molecular weight is 287 g/mol. The summed E-state index contributed by atoms with van der Waals surface area (Å²) in [6.07, 6.45) is 3.94. The number of aromatic nitrogens is 2. The van der Waals surface area contributed by atoms with E-state index in [0.717, 1.165) is 31.2 Å². The number of benzene rings is 1. The number of carboxylic acid groups (broad SMARTS) is 1. The van der Waals surface area contributed by atoms with Crippen molar-refractivity contribution < 1.29 is 15.0 Å². The summed E-state index contributed by atoms with van der Waals surface area (Å²) in [5, 5.41) is 22.6. The van der Waals surface area contributed by atoms with E-state index in [2.05, 4.69) is 15.3 Å². The highest BCUT2D eigenvalue weighted by molar-refractivity contribution is 5.96. The number of carboxylic acids is 1. The van der Waals surface area contributed by atoms with Gasteiger partial charge in [0, 0.05) is 11.9 Å². The number of anilines is 1. The number of fused-ring (bicyclic) bond motifs is 1. The monoisotopic (exact) mass is 287 g/mol. The fraction of sp³-hybridized carbons (Fsp3) is 0.400. The van der Waals surface area contributed by atoms with Crippen LogP contribution in [0.2, 0.25) is 0 Å². The van der Waals surface area contributed by atoms with Crippen LogP contribution in [0, 0.1) is 5.92 Å². The molecule has 1 heterocycles. The van der Waals surface area contributed by atoms with Crippen molar-refractivity contribution in [1.82, 2.24) is 9.97 Å². The third kappa shape index (κ3) is 2.95. The van der Waals surface area contributed by atoms with E-state index in [4.69, 9.17) is 5.11 Å². The van der Waals surface area contributed by atoms with E-state index >= 15 is 0 Å². The molecule has 21 heavy (non-hydrogen) atoms. The Morgan fingerprint density at radius 2 is 2.19 bits per heavy atom. The zero-order chi connectivity index (χ0) is 14.8. The highest BCUT2D eigenvalue weighted by Gasteiger charge is 2.22. The molecule has 1 aliphatic rings. The number of carbonyl (C=O) groups is 1. The number of rotatable bonds is 4. The van der Waals surface area contributed by atoms with E-state index in [9.17, 15) is 9.90 Å². The van der Waals surface area contributed by atoms with Crippen LogP contribution in [-0.2, 0) is 0 Å². The topological polar surface area (TPSA) is 95.3 Å². The molecule has 1 aliphatic carbocycles. The molecule has 2 aromatic rings. The van der Waals surface area contributed by atoms with Crippen molar-refractivity contribution in [2.24, 2.45) is 5.92 Å². The first kappa shape index (κ1) is 13.8. The Hall–Kier alpha value is -2.21. The number of aromatic carboxylic acids is 1.